The molecule has 0 aliphatic rings. The summed E-state index contributed by atoms with van der Waals surface area (Å²) >= 11 is 0. The highest BCUT2D eigenvalue weighted by atomic mass is 19.1. The maximum atomic E-state index is 13.6. The maximum absolute atomic E-state index is 13.6. The van der Waals surface area contributed by atoms with E-state index in [0.717, 1.165) is 0 Å². The molecular weight excluding hydrogens is 335 g/mol. The predicted molar refractivity (Wildman–Crippen MR) is 97.3 cm³/mol. The van der Waals surface area contributed by atoms with Gasteiger partial charge in [-0.3, -0.25) is 9.59 Å². The standard InChI is InChI=1S/C20H19FN2O3/c1-3-14-5-4-6-16(11-14)23-20(25)13-22-19(24)10-8-15-7-9-18(26-2)17(21)12-15/h1,4-7,9,11-12H,8,10,13H2,2H3,(H,22,24)(H,23,25). The number of halogens is 1. The minimum Gasteiger partial charge on any atom is -0.494 e. The van der Waals surface area contributed by atoms with Gasteiger partial charge in [-0.15, -0.1) is 6.42 Å². The molecule has 0 saturated heterocycles. The highest BCUT2D eigenvalue weighted by Crippen LogP contribution is 2.18. The molecule has 0 unspecified atom stereocenters. The van der Waals surface area contributed by atoms with E-state index in [1.54, 1.807) is 30.3 Å². The van der Waals surface area contributed by atoms with Crippen LogP contribution in [-0.2, 0) is 16.0 Å². The molecule has 0 fully saturated rings. The Balaban J connectivity index is 1.76. The van der Waals surface area contributed by atoms with Crippen LogP contribution in [0.3, 0.4) is 0 Å². The number of amides is 2. The fraction of sp³-hybridized carbons (Fsp3) is 0.200. The summed E-state index contributed by atoms with van der Waals surface area (Å²) < 4.78 is 18.4. The normalized spacial score (nSPS) is 9.88. The van der Waals surface area contributed by atoms with Crippen LogP contribution in [-0.4, -0.2) is 25.5 Å². The number of terminal acetylenes is 1. The van der Waals surface area contributed by atoms with Crippen LogP contribution in [0.25, 0.3) is 0 Å². The molecule has 2 amide bonds. The largest absolute Gasteiger partial charge is 0.494 e. The number of anilines is 1. The zero-order valence-electron chi connectivity index (χ0n) is 14.3. The van der Waals surface area contributed by atoms with Gasteiger partial charge >= 0.3 is 0 Å². The molecule has 0 aromatic heterocycles. The number of nitrogens with one attached hydrogen (secondary N) is 2. The van der Waals surface area contributed by atoms with E-state index >= 15 is 0 Å². The Morgan fingerprint density at radius 2 is 2.00 bits per heavy atom. The second-order valence-corrected chi connectivity index (χ2v) is 5.52. The highest BCUT2D eigenvalue weighted by Gasteiger charge is 2.08. The molecule has 0 aliphatic carbocycles. The van der Waals surface area contributed by atoms with Crippen molar-refractivity contribution in [3.8, 4) is 18.1 Å². The van der Waals surface area contributed by atoms with Crippen molar-refractivity contribution in [2.45, 2.75) is 12.8 Å². The van der Waals surface area contributed by atoms with Crippen LogP contribution < -0.4 is 15.4 Å². The van der Waals surface area contributed by atoms with Gasteiger partial charge in [0.15, 0.2) is 11.6 Å². The molecule has 0 radical (unpaired) electrons. The minimum atomic E-state index is -0.473. The third-order valence-corrected chi connectivity index (χ3v) is 3.62. The average Bonchev–Trinajstić information content (AvgIpc) is 2.65. The van der Waals surface area contributed by atoms with Gasteiger partial charge in [-0.25, -0.2) is 4.39 Å². The number of benzene rings is 2. The van der Waals surface area contributed by atoms with Gasteiger partial charge in [-0.1, -0.05) is 18.1 Å². The lowest BCUT2D eigenvalue weighted by Gasteiger charge is -2.08. The summed E-state index contributed by atoms with van der Waals surface area (Å²) in [5, 5.41) is 5.18. The lowest BCUT2D eigenvalue weighted by Crippen LogP contribution is -2.32. The Labute approximate surface area is 151 Å². The SMILES string of the molecule is C#Cc1cccc(NC(=O)CNC(=O)CCc2ccc(OC)c(F)c2)c1. The zero-order valence-corrected chi connectivity index (χ0v) is 14.3. The number of rotatable bonds is 7. The van der Waals surface area contributed by atoms with Crippen LogP contribution in [0.15, 0.2) is 42.5 Å². The molecule has 0 atom stereocenters. The summed E-state index contributed by atoms with van der Waals surface area (Å²) in [5.74, 6) is 1.51. The van der Waals surface area contributed by atoms with E-state index in [9.17, 15) is 14.0 Å². The van der Waals surface area contributed by atoms with E-state index in [2.05, 4.69) is 16.6 Å². The second kappa shape index (κ2) is 9.23. The number of methoxy groups -OCH3 is 1. The number of hydrogen-bond acceptors (Lipinski definition) is 3. The van der Waals surface area contributed by atoms with E-state index in [4.69, 9.17) is 11.2 Å². The van der Waals surface area contributed by atoms with Crippen LogP contribution in [0.5, 0.6) is 5.75 Å². The van der Waals surface area contributed by atoms with Gasteiger partial charge in [0.05, 0.1) is 13.7 Å². The first-order valence-corrected chi connectivity index (χ1v) is 7.97. The topological polar surface area (TPSA) is 67.4 Å². The molecule has 0 aliphatic heterocycles. The van der Waals surface area contributed by atoms with Gasteiger partial charge in [-0.2, -0.15) is 0 Å². The van der Waals surface area contributed by atoms with Gasteiger partial charge in [0.1, 0.15) is 0 Å². The third kappa shape index (κ3) is 5.64. The first-order valence-electron chi connectivity index (χ1n) is 7.97. The van der Waals surface area contributed by atoms with Crippen molar-refractivity contribution in [1.29, 1.82) is 0 Å². The predicted octanol–water partition coefficient (Wildman–Crippen LogP) is 2.50. The van der Waals surface area contributed by atoms with Crippen molar-refractivity contribution in [2.24, 2.45) is 0 Å². The van der Waals surface area contributed by atoms with E-state index in [1.165, 1.54) is 19.2 Å². The van der Waals surface area contributed by atoms with Crippen LogP contribution in [0.4, 0.5) is 10.1 Å². The molecule has 0 bridgehead atoms. The Hall–Kier alpha value is -3.33. The molecule has 0 spiro atoms. The molecule has 2 aromatic rings. The summed E-state index contributed by atoms with van der Waals surface area (Å²) in [6, 6.07) is 11.4. The molecule has 0 heterocycles. The summed E-state index contributed by atoms with van der Waals surface area (Å²) in [7, 11) is 1.39. The number of carbonyl (C=O) groups excluding carboxylic acids is 2. The van der Waals surface area contributed by atoms with E-state index in [-0.39, 0.29) is 30.5 Å². The van der Waals surface area contributed by atoms with Gasteiger partial charge in [0.2, 0.25) is 11.8 Å². The minimum absolute atomic E-state index is 0.144. The van der Waals surface area contributed by atoms with Crippen LogP contribution >= 0.6 is 0 Å². The third-order valence-electron chi connectivity index (χ3n) is 3.62. The maximum Gasteiger partial charge on any atom is 0.243 e. The second-order valence-electron chi connectivity index (χ2n) is 5.52. The molecule has 2 aromatic carbocycles. The van der Waals surface area contributed by atoms with E-state index in [1.807, 2.05) is 0 Å². The Kier molecular flexibility index (Phi) is 6.75. The Morgan fingerprint density at radius 3 is 2.69 bits per heavy atom. The molecule has 0 saturated carbocycles. The first-order chi connectivity index (χ1) is 12.5. The number of ether oxygens (including phenoxy) is 1. The summed E-state index contributed by atoms with van der Waals surface area (Å²) in [6.07, 6.45) is 5.81. The Morgan fingerprint density at radius 1 is 1.19 bits per heavy atom. The van der Waals surface area contributed by atoms with Gasteiger partial charge in [-0.05, 0) is 42.3 Å². The van der Waals surface area contributed by atoms with E-state index in [0.29, 0.717) is 23.2 Å². The monoisotopic (exact) mass is 354 g/mol. The van der Waals surface area contributed by atoms with Crippen LogP contribution in [0, 0.1) is 18.2 Å². The van der Waals surface area contributed by atoms with Crippen molar-refractivity contribution >= 4 is 17.5 Å². The summed E-state index contributed by atoms with van der Waals surface area (Å²) in [4.78, 5) is 23.7. The Bertz CT molecular complexity index is 843. The van der Waals surface area contributed by atoms with E-state index < -0.39 is 5.82 Å². The van der Waals surface area contributed by atoms with Crippen LogP contribution in [0.1, 0.15) is 17.5 Å². The lowest BCUT2D eigenvalue weighted by atomic mass is 10.1. The molecule has 26 heavy (non-hydrogen) atoms. The molecule has 5 nitrogen and oxygen atoms in total. The number of aryl methyl sites for hydroxylation is 1. The van der Waals surface area contributed by atoms with Crippen molar-refractivity contribution in [3.05, 3.63) is 59.4 Å². The highest BCUT2D eigenvalue weighted by molar-refractivity contribution is 5.94. The van der Waals surface area contributed by atoms with Crippen LogP contribution in [0.2, 0.25) is 0 Å². The van der Waals surface area contributed by atoms with Crippen molar-refractivity contribution < 1.29 is 18.7 Å². The molecule has 134 valence electrons. The number of hydrogen-bond donors (Lipinski definition) is 2. The number of carbonyl (C=O) groups is 2. The van der Waals surface area contributed by atoms with Gasteiger partial charge in [0, 0.05) is 17.7 Å². The van der Waals surface area contributed by atoms with Crippen molar-refractivity contribution in [2.75, 3.05) is 19.0 Å². The molecule has 2 N–H and O–H groups in total. The molecular formula is C20H19FN2O3. The van der Waals surface area contributed by atoms with Crippen molar-refractivity contribution in [3.63, 3.8) is 0 Å². The van der Waals surface area contributed by atoms with Gasteiger partial charge < -0.3 is 15.4 Å². The average molecular weight is 354 g/mol. The zero-order chi connectivity index (χ0) is 18.9. The molecule has 2 rings (SSSR count). The van der Waals surface area contributed by atoms with Gasteiger partial charge in [0.25, 0.3) is 0 Å². The lowest BCUT2D eigenvalue weighted by molar-refractivity contribution is -0.124. The summed E-state index contributed by atoms with van der Waals surface area (Å²) in [5.41, 5.74) is 1.89. The summed E-state index contributed by atoms with van der Waals surface area (Å²) in [6.45, 7) is -0.157. The quantitative estimate of drug-likeness (QED) is 0.751. The fourth-order valence-electron chi connectivity index (χ4n) is 2.28. The first kappa shape index (κ1) is 19.0. The molecule has 6 heteroatoms. The van der Waals surface area contributed by atoms with Crippen molar-refractivity contribution in [1.82, 2.24) is 5.32 Å². The smallest absolute Gasteiger partial charge is 0.243 e. The fourth-order valence-corrected chi connectivity index (χ4v) is 2.28.